The van der Waals surface area contributed by atoms with Crippen LogP contribution in [0.15, 0.2) is 66.9 Å². The number of carbonyl (C=O) groups excluding carboxylic acids is 2. The van der Waals surface area contributed by atoms with E-state index in [9.17, 15) is 22.8 Å². The van der Waals surface area contributed by atoms with Gasteiger partial charge in [0.1, 0.15) is 12.2 Å². The minimum absolute atomic E-state index is 0.198. The first kappa shape index (κ1) is 20.1. The SMILES string of the molecule is O=C(CNC(=O)c1cn(-c2ccccc2)nc1-c1ccccc1)NCC(F)(F)F. The lowest BCUT2D eigenvalue weighted by atomic mass is 10.1. The normalized spacial score (nSPS) is 11.1. The molecule has 29 heavy (non-hydrogen) atoms. The average Bonchev–Trinajstić information content (AvgIpc) is 3.17. The molecule has 1 heterocycles. The molecular formula is C20H17F3N4O2. The van der Waals surface area contributed by atoms with Crippen LogP contribution in [-0.2, 0) is 4.79 Å². The number of amides is 2. The van der Waals surface area contributed by atoms with E-state index < -0.39 is 31.1 Å². The van der Waals surface area contributed by atoms with Crippen molar-refractivity contribution in [2.45, 2.75) is 6.18 Å². The van der Waals surface area contributed by atoms with Crippen LogP contribution < -0.4 is 10.6 Å². The minimum Gasteiger partial charge on any atom is -0.345 e. The number of nitrogens with zero attached hydrogens (tertiary/aromatic N) is 2. The van der Waals surface area contributed by atoms with Crippen LogP contribution >= 0.6 is 0 Å². The molecule has 150 valence electrons. The van der Waals surface area contributed by atoms with E-state index in [-0.39, 0.29) is 5.56 Å². The van der Waals surface area contributed by atoms with Crippen molar-refractivity contribution < 1.29 is 22.8 Å². The van der Waals surface area contributed by atoms with Crippen molar-refractivity contribution in [3.05, 3.63) is 72.4 Å². The summed E-state index contributed by atoms with van der Waals surface area (Å²) in [7, 11) is 0. The van der Waals surface area contributed by atoms with Crippen molar-refractivity contribution in [1.29, 1.82) is 0 Å². The minimum atomic E-state index is -4.52. The van der Waals surface area contributed by atoms with Gasteiger partial charge in [0.05, 0.1) is 17.8 Å². The molecule has 0 unspecified atom stereocenters. The molecule has 0 fully saturated rings. The third-order valence-corrected chi connectivity index (χ3v) is 3.92. The molecule has 0 aliphatic rings. The van der Waals surface area contributed by atoms with Gasteiger partial charge in [-0.1, -0.05) is 48.5 Å². The van der Waals surface area contributed by atoms with Crippen LogP contribution in [0.3, 0.4) is 0 Å². The predicted octanol–water partition coefficient (Wildman–Crippen LogP) is 2.95. The van der Waals surface area contributed by atoms with E-state index in [1.165, 1.54) is 10.9 Å². The monoisotopic (exact) mass is 402 g/mol. The Balaban J connectivity index is 1.81. The second kappa shape index (κ2) is 8.59. The third-order valence-electron chi connectivity index (χ3n) is 3.92. The fraction of sp³-hybridized carbons (Fsp3) is 0.150. The van der Waals surface area contributed by atoms with Gasteiger partial charge in [0.15, 0.2) is 0 Å². The highest BCUT2D eigenvalue weighted by Gasteiger charge is 2.27. The van der Waals surface area contributed by atoms with Crippen LogP contribution in [0, 0.1) is 0 Å². The maximum Gasteiger partial charge on any atom is 0.405 e. The number of hydrogen-bond acceptors (Lipinski definition) is 3. The van der Waals surface area contributed by atoms with Crippen LogP contribution in [-0.4, -0.2) is 40.9 Å². The van der Waals surface area contributed by atoms with Crippen LogP contribution in [0.5, 0.6) is 0 Å². The number of para-hydroxylation sites is 1. The molecule has 1 aromatic heterocycles. The topological polar surface area (TPSA) is 76.0 Å². The van der Waals surface area contributed by atoms with Crippen LogP contribution in [0.2, 0.25) is 0 Å². The number of carbonyl (C=O) groups is 2. The van der Waals surface area contributed by atoms with E-state index in [0.29, 0.717) is 11.3 Å². The lowest BCUT2D eigenvalue weighted by Gasteiger charge is -2.09. The molecule has 2 amide bonds. The van der Waals surface area contributed by atoms with E-state index in [0.717, 1.165) is 5.69 Å². The van der Waals surface area contributed by atoms with Gasteiger partial charge in [-0.2, -0.15) is 18.3 Å². The molecule has 0 radical (unpaired) electrons. The van der Waals surface area contributed by atoms with Gasteiger partial charge in [-0.3, -0.25) is 9.59 Å². The molecule has 3 rings (SSSR count). The van der Waals surface area contributed by atoms with Gasteiger partial charge < -0.3 is 10.6 Å². The maximum atomic E-state index is 12.6. The highest BCUT2D eigenvalue weighted by atomic mass is 19.4. The van der Waals surface area contributed by atoms with E-state index in [4.69, 9.17) is 0 Å². The molecule has 0 bridgehead atoms. The van der Waals surface area contributed by atoms with E-state index in [2.05, 4.69) is 10.4 Å². The number of alkyl halides is 3. The summed E-state index contributed by atoms with van der Waals surface area (Å²) >= 11 is 0. The molecule has 3 aromatic rings. The second-order valence-electron chi connectivity index (χ2n) is 6.11. The van der Waals surface area contributed by atoms with Gasteiger partial charge >= 0.3 is 6.18 Å². The van der Waals surface area contributed by atoms with Crippen molar-refractivity contribution in [2.75, 3.05) is 13.1 Å². The zero-order valence-electron chi connectivity index (χ0n) is 15.1. The second-order valence-corrected chi connectivity index (χ2v) is 6.11. The summed E-state index contributed by atoms with van der Waals surface area (Å²) < 4.78 is 38.0. The van der Waals surface area contributed by atoms with Gasteiger partial charge in [-0.15, -0.1) is 0 Å². The van der Waals surface area contributed by atoms with Crippen molar-refractivity contribution in [2.24, 2.45) is 0 Å². The molecule has 0 saturated carbocycles. The van der Waals surface area contributed by atoms with Crippen molar-refractivity contribution in [3.63, 3.8) is 0 Å². The van der Waals surface area contributed by atoms with Crippen LogP contribution in [0.25, 0.3) is 16.9 Å². The Hall–Kier alpha value is -3.62. The number of nitrogens with one attached hydrogen (secondary N) is 2. The lowest BCUT2D eigenvalue weighted by molar-refractivity contribution is -0.137. The first-order chi connectivity index (χ1) is 13.8. The first-order valence-electron chi connectivity index (χ1n) is 8.65. The molecule has 2 aromatic carbocycles. The largest absolute Gasteiger partial charge is 0.405 e. The number of hydrogen-bond donors (Lipinski definition) is 2. The van der Waals surface area contributed by atoms with Crippen molar-refractivity contribution >= 4 is 11.8 Å². The first-order valence-corrected chi connectivity index (χ1v) is 8.65. The Labute approximate surface area is 164 Å². The summed E-state index contributed by atoms with van der Waals surface area (Å²) in [5.74, 6) is -1.56. The Bertz CT molecular complexity index is 986. The number of aromatic nitrogens is 2. The van der Waals surface area contributed by atoms with E-state index in [1.807, 2.05) is 36.4 Å². The van der Waals surface area contributed by atoms with Gasteiger partial charge in [0.25, 0.3) is 5.91 Å². The summed E-state index contributed by atoms with van der Waals surface area (Å²) in [4.78, 5) is 24.2. The molecule has 0 atom stereocenters. The summed E-state index contributed by atoms with van der Waals surface area (Å²) in [6, 6.07) is 18.1. The van der Waals surface area contributed by atoms with Crippen LogP contribution in [0.4, 0.5) is 13.2 Å². The summed E-state index contributed by atoms with van der Waals surface area (Å²) in [6.07, 6.45) is -3.00. The Morgan fingerprint density at radius 3 is 2.17 bits per heavy atom. The van der Waals surface area contributed by atoms with Gasteiger partial charge in [0, 0.05) is 11.8 Å². The standard InChI is InChI=1S/C20H17F3N4O2/c21-20(22,23)13-25-17(28)11-24-19(29)16-12-27(15-9-5-2-6-10-15)26-18(16)14-7-3-1-4-8-14/h1-10,12H,11,13H2,(H,24,29)(H,25,28). The maximum absolute atomic E-state index is 12.6. The molecule has 0 aliphatic heterocycles. The molecule has 0 aliphatic carbocycles. The van der Waals surface area contributed by atoms with E-state index in [1.54, 1.807) is 29.6 Å². The Morgan fingerprint density at radius 1 is 0.931 bits per heavy atom. The quantitative estimate of drug-likeness (QED) is 0.666. The highest BCUT2D eigenvalue weighted by molar-refractivity contribution is 6.01. The molecule has 0 saturated heterocycles. The lowest BCUT2D eigenvalue weighted by Crippen LogP contribution is -2.40. The third kappa shape index (κ3) is 5.44. The summed E-state index contributed by atoms with van der Waals surface area (Å²) in [5.41, 5.74) is 2.01. The molecule has 2 N–H and O–H groups in total. The highest BCUT2D eigenvalue weighted by Crippen LogP contribution is 2.23. The smallest absolute Gasteiger partial charge is 0.345 e. The zero-order valence-corrected chi connectivity index (χ0v) is 15.1. The molecule has 6 nitrogen and oxygen atoms in total. The molecule has 0 spiro atoms. The predicted molar refractivity (Wildman–Crippen MR) is 100 cm³/mol. The average molecular weight is 402 g/mol. The number of halogens is 3. The van der Waals surface area contributed by atoms with Gasteiger partial charge in [0.2, 0.25) is 5.91 Å². The number of rotatable bonds is 6. The van der Waals surface area contributed by atoms with Crippen molar-refractivity contribution in [1.82, 2.24) is 20.4 Å². The Morgan fingerprint density at radius 2 is 1.55 bits per heavy atom. The van der Waals surface area contributed by atoms with E-state index >= 15 is 0 Å². The summed E-state index contributed by atoms with van der Waals surface area (Å²) in [5, 5.41) is 8.52. The number of benzene rings is 2. The fourth-order valence-electron chi connectivity index (χ4n) is 2.58. The Kier molecular flexibility index (Phi) is 5.96. The van der Waals surface area contributed by atoms with Crippen molar-refractivity contribution in [3.8, 4) is 16.9 Å². The van der Waals surface area contributed by atoms with Gasteiger partial charge in [-0.05, 0) is 12.1 Å². The zero-order chi connectivity index (χ0) is 20.9. The van der Waals surface area contributed by atoms with Gasteiger partial charge in [-0.25, -0.2) is 4.68 Å². The molecular weight excluding hydrogens is 385 g/mol. The molecule has 9 heteroatoms. The summed E-state index contributed by atoms with van der Waals surface area (Å²) in [6.45, 7) is -2.04. The fourth-order valence-corrected chi connectivity index (χ4v) is 2.58. The van der Waals surface area contributed by atoms with Crippen LogP contribution in [0.1, 0.15) is 10.4 Å².